The molecule has 0 aliphatic heterocycles. The monoisotopic (exact) mass is 630 g/mol. The number of carboxylic acid groups (broad SMARTS) is 1. The molecular formula is C36H52BrFO3. The molecule has 0 bridgehead atoms. The van der Waals surface area contributed by atoms with Crippen LogP contribution in [-0.2, 0) is 11.2 Å². The standard InChI is InChI=1S/C36H52BrFO3/c1-3-5-6-7-8-9-10-14-25-41-34-24-23-31(26-33(34)37)30-21-19-29(20-22-30)18-17-28(4-2)27-36(38,35(39)40)32-15-12-11-13-16-32/h19-24,26,28,32H,3-18,25,27H2,1-2H3,(H,39,40)/t28?,36-/m0/s1. The summed E-state index contributed by atoms with van der Waals surface area (Å²) in [6, 6.07) is 14.8. The number of aliphatic carboxylic acids is 1. The first-order valence-corrected chi connectivity index (χ1v) is 17.1. The Morgan fingerprint density at radius 3 is 2.20 bits per heavy atom. The second kappa shape index (κ2) is 17.9. The summed E-state index contributed by atoms with van der Waals surface area (Å²) in [7, 11) is 0. The molecule has 0 saturated heterocycles. The van der Waals surface area contributed by atoms with Crippen molar-refractivity contribution < 1.29 is 19.0 Å². The van der Waals surface area contributed by atoms with Gasteiger partial charge in [-0.05, 0) is 89.2 Å². The Bertz CT molecular complexity index is 1030. The van der Waals surface area contributed by atoms with E-state index in [1.165, 1.54) is 50.5 Å². The van der Waals surface area contributed by atoms with Crippen molar-refractivity contribution in [3.63, 3.8) is 0 Å². The maximum Gasteiger partial charge on any atom is 0.341 e. The fourth-order valence-corrected chi connectivity index (χ4v) is 6.80. The number of ether oxygens (including phenoxy) is 1. The highest BCUT2D eigenvalue weighted by Gasteiger charge is 2.47. The van der Waals surface area contributed by atoms with Gasteiger partial charge in [0.25, 0.3) is 0 Å². The average Bonchev–Trinajstić information content (AvgIpc) is 2.99. The van der Waals surface area contributed by atoms with Crippen molar-refractivity contribution in [1.82, 2.24) is 0 Å². The summed E-state index contributed by atoms with van der Waals surface area (Å²) in [5, 5.41) is 9.81. The highest BCUT2D eigenvalue weighted by atomic mass is 79.9. The van der Waals surface area contributed by atoms with Gasteiger partial charge in [-0.2, -0.15) is 0 Å². The molecule has 0 radical (unpaired) electrons. The SMILES string of the molecule is CCCCCCCCCCOc1ccc(-c2ccc(CCC(CC)C[C@@](F)(C(=O)O)C3CCCCC3)cc2)cc1Br. The number of hydrogen-bond donors (Lipinski definition) is 1. The smallest absolute Gasteiger partial charge is 0.341 e. The summed E-state index contributed by atoms with van der Waals surface area (Å²) in [4.78, 5) is 12.0. The van der Waals surface area contributed by atoms with Crippen LogP contribution < -0.4 is 4.74 Å². The summed E-state index contributed by atoms with van der Waals surface area (Å²) < 4.78 is 22.8. The normalized spacial score (nSPS) is 16.3. The van der Waals surface area contributed by atoms with Crippen LogP contribution in [0.15, 0.2) is 46.9 Å². The van der Waals surface area contributed by atoms with Gasteiger partial charge >= 0.3 is 5.97 Å². The summed E-state index contributed by atoms with van der Waals surface area (Å²) in [5.41, 5.74) is 1.38. The van der Waals surface area contributed by atoms with Crippen molar-refractivity contribution in [2.24, 2.45) is 11.8 Å². The van der Waals surface area contributed by atoms with E-state index in [2.05, 4.69) is 66.2 Å². The predicted molar refractivity (Wildman–Crippen MR) is 172 cm³/mol. The van der Waals surface area contributed by atoms with E-state index >= 15 is 4.39 Å². The number of alkyl halides is 1. The van der Waals surface area contributed by atoms with Gasteiger partial charge in [0, 0.05) is 5.92 Å². The molecule has 0 heterocycles. The zero-order valence-corrected chi connectivity index (χ0v) is 27.0. The number of unbranched alkanes of at least 4 members (excludes halogenated alkanes) is 7. The van der Waals surface area contributed by atoms with Gasteiger partial charge in [0.15, 0.2) is 0 Å². The zero-order chi connectivity index (χ0) is 29.5. The van der Waals surface area contributed by atoms with Crippen LogP contribution in [0, 0.1) is 11.8 Å². The Labute approximate surface area is 256 Å². The largest absolute Gasteiger partial charge is 0.492 e. The Kier molecular flexibility index (Phi) is 14.7. The van der Waals surface area contributed by atoms with Crippen LogP contribution in [0.2, 0.25) is 0 Å². The molecule has 228 valence electrons. The third-order valence-corrected chi connectivity index (χ3v) is 9.71. The van der Waals surface area contributed by atoms with Gasteiger partial charge in [-0.15, -0.1) is 0 Å². The minimum atomic E-state index is -2.10. The molecule has 1 aliphatic carbocycles. The molecule has 3 nitrogen and oxygen atoms in total. The van der Waals surface area contributed by atoms with Crippen LogP contribution in [0.1, 0.15) is 122 Å². The van der Waals surface area contributed by atoms with Gasteiger partial charge in [-0.3, -0.25) is 0 Å². The van der Waals surface area contributed by atoms with Crippen LogP contribution >= 0.6 is 15.9 Å². The van der Waals surface area contributed by atoms with Crippen molar-refractivity contribution >= 4 is 21.9 Å². The highest BCUT2D eigenvalue weighted by molar-refractivity contribution is 9.10. The van der Waals surface area contributed by atoms with Crippen molar-refractivity contribution in [3.8, 4) is 16.9 Å². The molecule has 0 amide bonds. The van der Waals surface area contributed by atoms with Crippen molar-refractivity contribution in [3.05, 3.63) is 52.5 Å². The molecule has 2 aromatic carbocycles. The Morgan fingerprint density at radius 1 is 0.951 bits per heavy atom. The van der Waals surface area contributed by atoms with Gasteiger partial charge in [0.1, 0.15) is 5.75 Å². The van der Waals surface area contributed by atoms with Gasteiger partial charge in [0.05, 0.1) is 11.1 Å². The lowest BCUT2D eigenvalue weighted by Crippen LogP contribution is -2.44. The Hall–Kier alpha value is -1.88. The van der Waals surface area contributed by atoms with E-state index in [0.717, 1.165) is 72.9 Å². The van der Waals surface area contributed by atoms with Crippen molar-refractivity contribution in [1.29, 1.82) is 0 Å². The molecule has 1 saturated carbocycles. The summed E-state index contributed by atoms with van der Waals surface area (Å²) in [5.74, 6) is -0.657. The second-order valence-electron chi connectivity index (χ2n) is 12.2. The highest BCUT2D eigenvalue weighted by Crippen LogP contribution is 2.41. The van der Waals surface area contributed by atoms with Crippen LogP contribution in [0.3, 0.4) is 0 Å². The molecule has 3 rings (SSSR count). The molecule has 0 aromatic heterocycles. The topological polar surface area (TPSA) is 46.5 Å². The molecule has 1 unspecified atom stereocenters. The number of carboxylic acids is 1. The number of hydrogen-bond acceptors (Lipinski definition) is 2. The maximum atomic E-state index is 15.8. The number of aryl methyl sites for hydroxylation is 1. The first-order valence-electron chi connectivity index (χ1n) is 16.3. The molecule has 1 N–H and O–H groups in total. The maximum absolute atomic E-state index is 15.8. The second-order valence-corrected chi connectivity index (χ2v) is 13.0. The lowest BCUT2D eigenvalue weighted by Gasteiger charge is -2.35. The molecule has 1 aliphatic rings. The minimum absolute atomic E-state index is 0.0620. The number of halogens is 2. The fraction of sp³-hybridized carbons (Fsp3) is 0.639. The first kappa shape index (κ1) is 33.6. The lowest BCUT2D eigenvalue weighted by atomic mass is 9.73. The summed E-state index contributed by atoms with van der Waals surface area (Å²) in [6.45, 7) is 5.06. The van der Waals surface area contributed by atoms with Crippen molar-refractivity contribution in [2.75, 3.05) is 6.61 Å². The third kappa shape index (κ3) is 10.7. The average molecular weight is 632 g/mol. The van der Waals surface area contributed by atoms with Gasteiger partial charge in [-0.25, -0.2) is 9.18 Å². The fourth-order valence-electron chi connectivity index (χ4n) is 6.31. The van der Waals surface area contributed by atoms with Gasteiger partial charge in [0.2, 0.25) is 5.67 Å². The molecule has 2 aromatic rings. The lowest BCUT2D eigenvalue weighted by molar-refractivity contribution is -0.158. The first-order chi connectivity index (χ1) is 19.9. The number of rotatable bonds is 19. The van der Waals surface area contributed by atoms with E-state index in [4.69, 9.17) is 4.74 Å². The van der Waals surface area contributed by atoms with E-state index in [1.54, 1.807) is 0 Å². The molecule has 2 atom stereocenters. The minimum Gasteiger partial charge on any atom is -0.492 e. The van der Waals surface area contributed by atoms with E-state index in [9.17, 15) is 9.90 Å². The molecule has 1 fully saturated rings. The van der Waals surface area contributed by atoms with E-state index in [1.807, 2.05) is 6.07 Å². The Balaban J connectivity index is 1.46. The van der Waals surface area contributed by atoms with Crippen LogP contribution in [0.25, 0.3) is 11.1 Å². The van der Waals surface area contributed by atoms with Crippen LogP contribution in [-0.4, -0.2) is 23.4 Å². The zero-order valence-electron chi connectivity index (χ0n) is 25.4. The summed E-state index contributed by atoms with van der Waals surface area (Å²) >= 11 is 3.69. The number of carbonyl (C=O) groups is 1. The quantitative estimate of drug-likeness (QED) is 0.157. The van der Waals surface area contributed by atoms with Gasteiger partial charge in [-0.1, -0.05) is 115 Å². The van der Waals surface area contributed by atoms with E-state index < -0.39 is 11.6 Å². The molecular weight excluding hydrogens is 579 g/mol. The van der Waals surface area contributed by atoms with Crippen LogP contribution in [0.5, 0.6) is 5.75 Å². The predicted octanol–water partition coefficient (Wildman–Crippen LogP) is 11.4. The van der Waals surface area contributed by atoms with E-state index in [0.29, 0.717) is 12.8 Å². The van der Waals surface area contributed by atoms with E-state index in [-0.39, 0.29) is 18.3 Å². The van der Waals surface area contributed by atoms with Crippen LogP contribution in [0.4, 0.5) is 4.39 Å². The molecule has 0 spiro atoms. The molecule has 5 heteroatoms. The molecule has 41 heavy (non-hydrogen) atoms. The summed E-state index contributed by atoms with van der Waals surface area (Å²) in [6.07, 6.45) is 17.2. The third-order valence-electron chi connectivity index (χ3n) is 9.09. The number of benzene rings is 2. The van der Waals surface area contributed by atoms with Crippen molar-refractivity contribution in [2.45, 2.75) is 129 Å². The Morgan fingerprint density at radius 2 is 1.59 bits per heavy atom. The van der Waals surface area contributed by atoms with Gasteiger partial charge < -0.3 is 9.84 Å².